The molecule has 0 saturated heterocycles. The van der Waals surface area contributed by atoms with Crippen molar-refractivity contribution < 1.29 is 13.2 Å². The van der Waals surface area contributed by atoms with E-state index in [9.17, 15) is 8.42 Å². The van der Waals surface area contributed by atoms with Crippen molar-refractivity contribution in [1.29, 1.82) is 0 Å². The van der Waals surface area contributed by atoms with Crippen LogP contribution in [-0.4, -0.2) is 21.6 Å². The topological polar surface area (TPSA) is 55.4 Å². The molecule has 0 unspecified atom stereocenters. The standard InChI is InChI=1S/C10H14ClNO3S/c1-3-12-16(13,14)10-7-8(11)5-6-9(10)15-4-2/h5-7,12H,3-4H2,1-2H3. The van der Waals surface area contributed by atoms with E-state index >= 15 is 0 Å². The summed E-state index contributed by atoms with van der Waals surface area (Å²) in [5.74, 6) is 0.313. The van der Waals surface area contributed by atoms with Crippen LogP contribution in [0.4, 0.5) is 0 Å². The fourth-order valence-electron chi connectivity index (χ4n) is 1.23. The van der Waals surface area contributed by atoms with Gasteiger partial charge in [0.15, 0.2) is 0 Å². The van der Waals surface area contributed by atoms with Gasteiger partial charge in [0.05, 0.1) is 6.61 Å². The lowest BCUT2D eigenvalue weighted by atomic mass is 10.3. The summed E-state index contributed by atoms with van der Waals surface area (Å²) in [7, 11) is -3.55. The lowest BCUT2D eigenvalue weighted by molar-refractivity contribution is 0.331. The van der Waals surface area contributed by atoms with Gasteiger partial charge < -0.3 is 4.74 Å². The predicted molar refractivity (Wildman–Crippen MR) is 63.5 cm³/mol. The highest BCUT2D eigenvalue weighted by Crippen LogP contribution is 2.27. The Balaban J connectivity index is 3.24. The summed E-state index contributed by atoms with van der Waals surface area (Å²) in [4.78, 5) is 0.0729. The molecule has 90 valence electrons. The second-order valence-electron chi connectivity index (χ2n) is 3.03. The number of rotatable bonds is 5. The Hall–Kier alpha value is -0.780. The molecule has 0 amide bonds. The Morgan fingerprint density at radius 2 is 2.06 bits per heavy atom. The molecule has 0 spiro atoms. The molecular formula is C10H14ClNO3S. The molecule has 0 aliphatic rings. The van der Waals surface area contributed by atoms with Gasteiger partial charge in [-0.2, -0.15) is 0 Å². The van der Waals surface area contributed by atoms with E-state index < -0.39 is 10.0 Å². The molecule has 0 saturated carbocycles. The van der Waals surface area contributed by atoms with Crippen LogP contribution >= 0.6 is 11.6 Å². The van der Waals surface area contributed by atoms with Gasteiger partial charge in [-0.05, 0) is 25.1 Å². The number of hydrogen-bond acceptors (Lipinski definition) is 3. The number of benzene rings is 1. The number of ether oxygens (including phenoxy) is 1. The van der Waals surface area contributed by atoms with Crippen molar-refractivity contribution in [1.82, 2.24) is 4.72 Å². The maximum atomic E-state index is 11.8. The Morgan fingerprint density at radius 1 is 1.38 bits per heavy atom. The molecule has 4 nitrogen and oxygen atoms in total. The van der Waals surface area contributed by atoms with Crippen LogP contribution in [0, 0.1) is 0 Å². The van der Waals surface area contributed by atoms with Crippen LogP contribution in [0.15, 0.2) is 23.1 Å². The zero-order valence-corrected chi connectivity index (χ0v) is 10.7. The molecule has 0 aromatic heterocycles. The van der Waals surface area contributed by atoms with Crippen LogP contribution in [0.1, 0.15) is 13.8 Å². The maximum absolute atomic E-state index is 11.8. The minimum Gasteiger partial charge on any atom is -0.492 e. The molecule has 1 rings (SSSR count). The van der Waals surface area contributed by atoms with Gasteiger partial charge in [0.25, 0.3) is 0 Å². The van der Waals surface area contributed by atoms with Gasteiger partial charge >= 0.3 is 0 Å². The largest absolute Gasteiger partial charge is 0.492 e. The number of sulfonamides is 1. The normalized spacial score (nSPS) is 11.4. The summed E-state index contributed by atoms with van der Waals surface area (Å²) in [5.41, 5.74) is 0. The van der Waals surface area contributed by atoms with E-state index in [1.165, 1.54) is 6.07 Å². The first-order valence-electron chi connectivity index (χ1n) is 4.93. The quantitative estimate of drug-likeness (QED) is 0.884. The average molecular weight is 264 g/mol. The van der Waals surface area contributed by atoms with E-state index in [0.717, 1.165) is 0 Å². The summed E-state index contributed by atoms with van der Waals surface area (Å²) < 4.78 is 31.3. The maximum Gasteiger partial charge on any atom is 0.244 e. The Morgan fingerprint density at radius 3 is 2.62 bits per heavy atom. The molecule has 1 aromatic rings. The first kappa shape index (κ1) is 13.3. The monoisotopic (exact) mass is 263 g/mol. The smallest absolute Gasteiger partial charge is 0.244 e. The van der Waals surface area contributed by atoms with Crippen LogP contribution in [0.3, 0.4) is 0 Å². The second-order valence-corrected chi connectivity index (χ2v) is 5.20. The summed E-state index contributed by atoms with van der Waals surface area (Å²) >= 11 is 5.78. The Kier molecular flexibility index (Phi) is 4.58. The molecule has 1 aromatic carbocycles. The molecule has 0 radical (unpaired) electrons. The molecule has 1 N–H and O–H groups in total. The van der Waals surface area contributed by atoms with Crippen LogP contribution in [0.2, 0.25) is 5.02 Å². The van der Waals surface area contributed by atoms with Crippen molar-refractivity contribution in [3.63, 3.8) is 0 Å². The Labute approximate surface area is 101 Å². The lowest BCUT2D eigenvalue weighted by Gasteiger charge is -2.11. The second kappa shape index (κ2) is 5.52. The molecule has 0 atom stereocenters. The molecule has 6 heteroatoms. The van der Waals surface area contributed by atoms with E-state index in [0.29, 0.717) is 23.9 Å². The van der Waals surface area contributed by atoms with Gasteiger partial charge in [0, 0.05) is 11.6 Å². The van der Waals surface area contributed by atoms with Gasteiger partial charge in [-0.25, -0.2) is 13.1 Å². The summed E-state index contributed by atoms with van der Waals surface area (Å²) in [6, 6.07) is 4.53. The van der Waals surface area contributed by atoms with Gasteiger partial charge in [-0.15, -0.1) is 0 Å². The fourth-order valence-corrected chi connectivity index (χ4v) is 2.68. The fraction of sp³-hybridized carbons (Fsp3) is 0.400. The zero-order valence-electron chi connectivity index (χ0n) is 9.16. The third-order valence-corrected chi connectivity index (χ3v) is 3.63. The zero-order chi connectivity index (χ0) is 12.2. The van der Waals surface area contributed by atoms with Crippen molar-refractivity contribution in [3.8, 4) is 5.75 Å². The Bertz CT molecular complexity index is 459. The summed E-state index contributed by atoms with van der Waals surface area (Å²) in [6.07, 6.45) is 0. The van der Waals surface area contributed by atoms with Crippen molar-refractivity contribution in [2.45, 2.75) is 18.7 Å². The molecular weight excluding hydrogens is 250 g/mol. The van der Waals surface area contributed by atoms with Crippen LogP contribution < -0.4 is 9.46 Å². The van der Waals surface area contributed by atoms with Gasteiger partial charge in [0.1, 0.15) is 10.6 Å². The first-order valence-corrected chi connectivity index (χ1v) is 6.79. The first-order chi connectivity index (χ1) is 7.51. The van der Waals surface area contributed by atoms with E-state index in [1.807, 2.05) is 0 Å². The third kappa shape index (κ3) is 3.10. The van der Waals surface area contributed by atoms with Crippen LogP contribution in [0.5, 0.6) is 5.75 Å². The number of hydrogen-bond donors (Lipinski definition) is 1. The minimum absolute atomic E-state index is 0.0729. The van der Waals surface area contributed by atoms with E-state index in [1.54, 1.807) is 26.0 Å². The van der Waals surface area contributed by atoms with E-state index in [2.05, 4.69) is 4.72 Å². The average Bonchev–Trinajstić information content (AvgIpc) is 2.21. The minimum atomic E-state index is -3.55. The van der Waals surface area contributed by atoms with Gasteiger partial charge in [0.2, 0.25) is 10.0 Å². The van der Waals surface area contributed by atoms with Crippen molar-refractivity contribution in [3.05, 3.63) is 23.2 Å². The summed E-state index contributed by atoms with van der Waals surface area (Å²) in [6.45, 7) is 4.22. The molecule has 0 aliphatic heterocycles. The highest BCUT2D eigenvalue weighted by atomic mass is 35.5. The number of halogens is 1. The van der Waals surface area contributed by atoms with Gasteiger partial charge in [-0.3, -0.25) is 0 Å². The highest BCUT2D eigenvalue weighted by Gasteiger charge is 2.18. The molecule has 16 heavy (non-hydrogen) atoms. The van der Waals surface area contributed by atoms with Crippen molar-refractivity contribution in [2.75, 3.05) is 13.2 Å². The lowest BCUT2D eigenvalue weighted by Crippen LogP contribution is -2.23. The van der Waals surface area contributed by atoms with Gasteiger partial charge in [-0.1, -0.05) is 18.5 Å². The van der Waals surface area contributed by atoms with Crippen molar-refractivity contribution in [2.24, 2.45) is 0 Å². The molecule has 0 fully saturated rings. The molecule has 0 aliphatic carbocycles. The molecule has 0 bridgehead atoms. The van der Waals surface area contributed by atoms with Crippen LogP contribution in [-0.2, 0) is 10.0 Å². The SMILES string of the molecule is CCNS(=O)(=O)c1cc(Cl)ccc1OCC. The highest BCUT2D eigenvalue weighted by molar-refractivity contribution is 7.89. The summed E-state index contributed by atoms with van der Waals surface area (Å²) in [5, 5.41) is 0.361. The predicted octanol–water partition coefficient (Wildman–Crippen LogP) is 2.04. The third-order valence-electron chi connectivity index (χ3n) is 1.83. The van der Waals surface area contributed by atoms with Crippen molar-refractivity contribution >= 4 is 21.6 Å². The van der Waals surface area contributed by atoms with Crippen LogP contribution in [0.25, 0.3) is 0 Å². The number of nitrogens with one attached hydrogen (secondary N) is 1. The van der Waals surface area contributed by atoms with E-state index in [-0.39, 0.29) is 4.90 Å². The molecule has 0 heterocycles. The van der Waals surface area contributed by atoms with E-state index in [4.69, 9.17) is 16.3 Å².